The summed E-state index contributed by atoms with van der Waals surface area (Å²) in [6.07, 6.45) is 6.32. The van der Waals surface area contributed by atoms with Crippen molar-refractivity contribution in [2.75, 3.05) is 46.0 Å². The molecule has 216 valence electrons. The van der Waals surface area contributed by atoms with Gasteiger partial charge in [0, 0.05) is 50.8 Å². The number of anilines is 4. The van der Waals surface area contributed by atoms with Crippen LogP contribution >= 0.6 is 0 Å². The summed E-state index contributed by atoms with van der Waals surface area (Å²) in [4.78, 5) is 26.4. The zero-order valence-electron chi connectivity index (χ0n) is 22.8. The number of rotatable bonds is 7. The van der Waals surface area contributed by atoms with E-state index in [1.807, 2.05) is 0 Å². The first-order valence-corrected chi connectivity index (χ1v) is 15.8. The predicted molar refractivity (Wildman–Crippen MR) is 151 cm³/mol. The number of sulfonamides is 1. The quantitative estimate of drug-likeness (QED) is 0.482. The maximum atomic E-state index is 13.7. The molecule has 2 saturated heterocycles. The SMILES string of the molecule is Cc1cc(NC(=O)c2ccc(NS(=O)(=O)C3CCC3)cc2N2CCC3(CC2)CC3)nc(N2CCC(F)(F)CC2)n1. The monoisotopic (exact) mass is 574 g/mol. The van der Waals surface area contributed by atoms with Gasteiger partial charge in [-0.25, -0.2) is 22.2 Å². The van der Waals surface area contributed by atoms with Crippen molar-refractivity contribution >= 4 is 39.1 Å². The number of hydrogen-bond acceptors (Lipinski definition) is 7. The third kappa shape index (κ3) is 5.73. The molecule has 3 heterocycles. The van der Waals surface area contributed by atoms with E-state index in [4.69, 9.17) is 0 Å². The number of aryl methyl sites for hydroxylation is 1. The predicted octanol–water partition coefficient (Wildman–Crippen LogP) is 4.95. The molecule has 2 N–H and O–H groups in total. The molecule has 4 aliphatic rings. The molecule has 0 unspecified atom stereocenters. The van der Waals surface area contributed by atoms with Gasteiger partial charge in [0.15, 0.2) is 0 Å². The van der Waals surface area contributed by atoms with Gasteiger partial charge < -0.3 is 15.1 Å². The standard InChI is InChI=1S/C28H36F2N6O3S/c1-19-17-24(33-26(31-19)36-15-11-28(29,30)12-16-36)32-25(37)22-6-5-20(34-40(38,39)21-3-2-4-21)18-23(22)35-13-9-27(7-8-27)10-14-35/h5-6,17-18,21,34H,2-4,7-16H2,1H3,(H,31,32,33,37). The number of nitrogens with zero attached hydrogens (tertiary/aromatic N) is 4. The maximum Gasteiger partial charge on any atom is 0.258 e. The summed E-state index contributed by atoms with van der Waals surface area (Å²) in [5, 5.41) is 2.51. The summed E-state index contributed by atoms with van der Waals surface area (Å²) in [6, 6.07) is 6.71. The molecule has 6 rings (SSSR count). The Morgan fingerprint density at radius 2 is 1.62 bits per heavy atom. The van der Waals surface area contributed by atoms with E-state index in [-0.39, 0.29) is 37.1 Å². The Labute approximate surface area is 233 Å². The van der Waals surface area contributed by atoms with Crippen LogP contribution in [0.5, 0.6) is 0 Å². The molecule has 40 heavy (non-hydrogen) atoms. The van der Waals surface area contributed by atoms with Crippen molar-refractivity contribution in [3.8, 4) is 0 Å². The van der Waals surface area contributed by atoms with Crippen molar-refractivity contribution in [2.24, 2.45) is 5.41 Å². The Hall–Kier alpha value is -3.02. The number of benzene rings is 1. The second kappa shape index (κ2) is 10.1. The number of halogens is 2. The van der Waals surface area contributed by atoms with Crippen LogP contribution in [0.2, 0.25) is 0 Å². The summed E-state index contributed by atoms with van der Waals surface area (Å²) in [7, 11) is -3.48. The molecular weight excluding hydrogens is 538 g/mol. The van der Waals surface area contributed by atoms with Gasteiger partial charge >= 0.3 is 0 Å². The molecule has 0 atom stereocenters. The minimum atomic E-state index is -3.48. The van der Waals surface area contributed by atoms with Crippen LogP contribution in [0.4, 0.5) is 31.9 Å². The zero-order valence-corrected chi connectivity index (χ0v) is 23.6. The Morgan fingerprint density at radius 1 is 0.950 bits per heavy atom. The first kappa shape index (κ1) is 27.2. The number of aromatic nitrogens is 2. The molecule has 1 aromatic heterocycles. The van der Waals surface area contributed by atoms with Crippen LogP contribution in [-0.2, 0) is 10.0 Å². The summed E-state index contributed by atoms with van der Waals surface area (Å²) in [5.41, 5.74) is 2.62. The average molecular weight is 575 g/mol. The highest BCUT2D eigenvalue weighted by Gasteiger charge is 2.45. The fourth-order valence-corrected chi connectivity index (χ4v) is 7.43. The molecule has 0 radical (unpaired) electrons. The molecule has 2 aliphatic heterocycles. The van der Waals surface area contributed by atoms with Gasteiger partial charge in [0.25, 0.3) is 11.8 Å². The van der Waals surface area contributed by atoms with Gasteiger partial charge in [0.2, 0.25) is 16.0 Å². The Kier molecular flexibility index (Phi) is 6.87. The molecule has 12 heteroatoms. The average Bonchev–Trinajstić information content (AvgIpc) is 3.61. The molecular formula is C28H36F2N6O3S. The van der Waals surface area contributed by atoms with E-state index in [9.17, 15) is 22.0 Å². The van der Waals surface area contributed by atoms with E-state index in [0.717, 1.165) is 32.4 Å². The normalized spacial score (nSPS) is 22.1. The van der Waals surface area contributed by atoms with E-state index in [2.05, 4.69) is 24.9 Å². The van der Waals surface area contributed by atoms with Crippen molar-refractivity contribution in [2.45, 2.75) is 75.9 Å². The topological polar surface area (TPSA) is 108 Å². The molecule has 2 aliphatic carbocycles. The Balaban J connectivity index is 1.24. The second-order valence-corrected chi connectivity index (χ2v) is 13.9. The van der Waals surface area contributed by atoms with Crippen molar-refractivity contribution in [3.63, 3.8) is 0 Å². The van der Waals surface area contributed by atoms with Crippen LogP contribution in [0.3, 0.4) is 0 Å². The lowest BCUT2D eigenvalue weighted by atomic mass is 9.93. The van der Waals surface area contributed by atoms with Gasteiger partial charge in [-0.2, -0.15) is 4.98 Å². The van der Waals surface area contributed by atoms with Gasteiger partial charge in [-0.05, 0) is 69.1 Å². The van der Waals surface area contributed by atoms with E-state index in [1.54, 1.807) is 36.1 Å². The molecule has 4 fully saturated rings. The summed E-state index contributed by atoms with van der Waals surface area (Å²) in [6.45, 7) is 3.66. The van der Waals surface area contributed by atoms with E-state index < -0.39 is 15.9 Å². The first-order valence-electron chi connectivity index (χ1n) is 14.2. The second-order valence-electron chi connectivity index (χ2n) is 11.9. The summed E-state index contributed by atoms with van der Waals surface area (Å²) in [5.74, 6) is -2.44. The van der Waals surface area contributed by atoms with Gasteiger partial charge in [-0.3, -0.25) is 9.52 Å². The van der Waals surface area contributed by atoms with Crippen molar-refractivity contribution in [1.29, 1.82) is 0 Å². The molecule has 1 amide bonds. The van der Waals surface area contributed by atoms with Crippen LogP contribution in [0.15, 0.2) is 24.3 Å². The third-order valence-electron chi connectivity index (χ3n) is 8.98. The Bertz CT molecular complexity index is 1390. The number of alkyl halides is 2. The minimum Gasteiger partial charge on any atom is -0.371 e. The highest BCUT2D eigenvalue weighted by molar-refractivity contribution is 7.93. The number of carbonyl (C=O) groups is 1. The van der Waals surface area contributed by atoms with Crippen molar-refractivity contribution in [3.05, 3.63) is 35.5 Å². The molecule has 0 bridgehead atoms. The van der Waals surface area contributed by atoms with Gasteiger partial charge in [-0.1, -0.05) is 6.42 Å². The molecule has 9 nitrogen and oxygen atoms in total. The number of nitrogens with one attached hydrogen (secondary N) is 2. The van der Waals surface area contributed by atoms with Crippen LogP contribution in [0.1, 0.15) is 73.8 Å². The van der Waals surface area contributed by atoms with Crippen LogP contribution in [0, 0.1) is 12.3 Å². The highest BCUT2D eigenvalue weighted by atomic mass is 32.2. The van der Waals surface area contributed by atoms with E-state index in [0.29, 0.717) is 52.7 Å². The lowest BCUT2D eigenvalue weighted by molar-refractivity contribution is -0.0222. The lowest BCUT2D eigenvalue weighted by Gasteiger charge is -2.35. The molecule has 1 aromatic carbocycles. The number of carbonyl (C=O) groups excluding carboxylic acids is 1. The van der Waals surface area contributed by atoms with Crippen LogP contribution in [-0.4, -0.2) is 61.6 Å². The maximum absolute atomic E-state index is 13.7. The van der Waals surface area contributed by atoms with E-state index in [1.165, 1.54) is 12.8 Å². The van der Waals surface area contributed by atoms with Gasteiger partial charge in [-0.15, -0.1) is 0 Å². The molecule has 2 aromatic rings. The van der Waals surface area contributed by atoms with Gasteiger partial charge in [0.1, 0.15) is 5.82 Å². The fraction of sp³-hybridized carbons (Fsp3) is 0.607. The largest absolute Gasteiger partial charge is 0.371 e. The number of hydrogen-bond donors (Lipinski definition) is 2. The molecule has 2 saturated carbocycles. The fourth-order valence-electron chi connectivity index (χ4n) is 5.85. The summed E-state index contributed by atoms with van der Waals surface area (Å²) < 4.78 is 55.6. The van der Waals surface area contributed by atoms with Crippen LogP contribution < -0.4 is 19.8 Å². The third-order valence-corrected chi connectivity index (χ3v) is 10.8. The summed E-state index contributed by atoms with van der Waals surface area (Å²) >= 11 is 0. The van der Waals surface area contributed by atoms with Crippen LogP contribution in [0.25, 0.3) is 0 Å². The zero-order chi connectivity index (χ0) is 28.1. The molecule has 1 spiro atoms. The lowest BCUT2D eigenvalue weighted by Crippen LogP contribution is -2.40. The van der Waals surface area contributed by atoms with E-state index >= 15 is 0 Å². The number of piperidine rings is 2. The number of amides is 1. The van der Waals surface area contributed by atoms with Gasteiger partial charge in [0.05, 0.1) is 22.2 Å². The first-order chi connectivity index (χ1) is 19.0. The smallest absolute Gasteiger partial charge is 0.258 e. The Morgan fingerprint density at radius 3 is 2.25 bits per heavy atom. The highest BCUT2D eigenvalue weighted by Crippen LogP contribution is 2.54. The minimum absolute atomic E-state index is 0.142. The van der Waals surface area contributed by atoms with Crippen molar-refractivity contribution in [1.82, 2.24) is 9.97 Å². The van der Waals surface area contributed by atoms with Crippen molar-refractivity contribution < 1.29 is 22.0 Å².